The lowest BCUT2D eigenvalue weighted by Crippen LogP contribution is -2.29. The number of aromatic nitrogens is 1. The standard InChI is InChI=1S/C10H15Br2N3/c1-7(4-13)6-15(2)10-9(12)3-8(11)5-14-10/h3,5,7H,4,6,13H2,1-2H3. The van der Waals surface area contributed by atoms with E-state index in [-0.39, 0.29) is 0 Å². The van der Waals surface area contributed by atoms with Crippen LogP contribution in [0.2, 0.25) is 0 Å². The Balaban J connectivity index is 2.77. The Morgan fingerprint density at radius 1 is 1.53 bits per heavy atom. The fourth-order valence-electron chi connectivity index (χ4n) is 1.32. The van der Waals surface area contributed by atoms with Gasteiger partial charge < -0.3 is 10.6 Å². The van der Waals surface area contributed by atoms with Gasteiger partial charge in [-0.15, -0.1) is 0 Å². The molecule has 1 heterocycles. The average Bonchev–Trinajstić information content (AvgIpc) is 2.17. The molecule has 0 radical (unpaired) electrons. The minimum Gasteiger partial charge on any atom is -0.358 e. The van der Waals surface area contributed by atoms with Crippen LogP contribution < -0.4 is 10.6 Å². The van der Waals surface area contributed by atoms with E-state index >= 15 is 0 Å². The second-order valence-corrected chi connectivity index (χ2v) is 5.45. The smallest absolute Gasteiger partial charge is 0.142 e. The first kappa shape index (κ1) is 12.9. The average molecular weight is 337 g/mol. The maximum Gasteiger partial charge on any atom is 0.142 e. The van der Waals surface area contributed by atoms with Crippen molar-refractivity contribution in [3.63, 3.8) is 0 Å². The van der Waals surface area contributed by atoms with Crippen molar-refractivity contribution in [1.82, 2.24) is 4.98 Å². The number of anilines is 1. The number of rotatable bonds is 4. The molecule has 1 rings (SSSR count). The lowest BCUT2D eigenvalue weighted by Gasteiger charge is -2.22. The van der Waals surface area contributed by atoms with E-state index in [1.807, 2.05) is 13.1 Å². The molecule has 2 N–H and O–H groups in total. The highest BCUT2D eigenvalue weighted by Gasteiger charge is 2.10. The van der Waals surface area contributed by atoms with Crippen molar-refractivity contribution in [3.8, 4) is 0 Å². The second kappa shape index (κ2) is 5.82. The maximum atomic E-state index is 5.59. The van der Waals surface area contributed by atoms with Gasteiger partial charge in [0.05, 0.1) is 4.47 Å². The first-order valence-corrected chi connectivity index (χ1v) is 6.35. The van der Waals surface area contributed by atoms with Gasteiger partial charge in [0.1, 0.15) is 5.82 Å². The molecule has 3 nitrogen and oxygen atoms in total. The lowest BCUT2D eigenvalue weighted by atomic mass is 10.2. The number of hydrogen-bond donors (Lipinski definition) is 1. The molecule has 0 aliphatic rings. The molecule has 0 amide bonds. The quantitative estimate of drug-likeness (QED) is 0.919. The number of halogens is 2. The van der Waals surface area contributed by atoms with Crippen molar-refractivity contribution in [1.29, 1.82) is 0 Å². The van der Waals surface area contributed by atoms with Gasteiger partial charge in [0.25, 0.3) is 0 Å². The van der Waals surface area contributed by atoms with Gasteiger partial charge >= 0.3 is 0 Å². The van der Waals surface area contributed by atoms with Crippen LogP contribution in [0.1, 0.15) is 6.92 Å². The van der Waals surface area contributed by atoms with E-state index in [0.29, 0.717) is 12.5 Å². The molecular weight excluding hydrogens is 322 g/mol. The van der Waals surface area contributed by atoms with Gasteiger partial charge in [0.15, 0.2) is 0 Å². The van der Waals surface area contributed by atoms with Gasteiger partial charge in [-0.2, -0.15) is 0 Å². The van der Waals surface area contributed by atoms with E-state index in [4.69, 9.17) is 5.73 Å². The lowest BCUT2D eigenvalue weighted by molar-refractivity contribution is 0.587. The highest BCUT2D eigenvalue weighted by Crippen LogP contribution is 2.26. The van der Waals surface area contributed by atoms with Crippen molar-refractivity contribution in [2.24, 2.45) is 11.7 Å². The summed E-state index contributed by atoms with van der Waals surface area (Å²) in [4.78, 5) is 6.46. The molecule has 1 unspecified atom stereocenters. The van der Waals surface area contributed by atoms with Gasteiger partial charge in [-0.3, -0.25) is 0 Å². The van der Waals surface area contributed by atoms with Crippen LogP contribution in [0.4, 0.5) is 5.82 Å². The summed E-state index contributed by atoms with van der Waals surface area (Å²) in [5.74, 6) is 1.41. The molecule has 84 valence electrons. The number of nitrogens with two attached hydrogens (primary N) is 1. The SMILES string of the molecule is CC(CN)CN(C)c1ncc(Br)cc1Br. The molecule has 1 aromatic rings. The fourth-order valence-corrected chi connectivity index (χ4v) is 2.61. The van der Waals surface area contributed by atoms with E-state index in [2.05, 4.69) is 48.7 Å². The third-order valence-corrected chi connectivity index (χ3v) is 3.16. The molecule has 0 saturated carbocycles. The Hall–Kier alpha value is -0.130. The first-order valence-electron chi connectivity index (χ1n) is 4.76. The van der Waals surface area contributed by atoms with Gasteiger partial charge in [0, 0.05) is 24.3 Å². The van der Waals surface area contributed by atoms with Crippen LogP contribution >= 0.6 is 31.9 Å². The molecule has 0 aliphatic heterocycles. The highest BCUT2D eigenvalue weighted by molar-refractivity contribution is 9.11. The number of nitrogens with zero attached hydrogens (tertiary/aromatic N) is 2. The molecule has 0 aliphatic carbocycles. The molecule has 5 heteroatoms. The molecule has 1 aromatic heterocycles. The van der Waals surface area contributed by atoms with E-state index in [0.717, 1.165) is 21.3 Å². The van der Waals surface area contributed by atoms with Crippen molar-refractivity contribution in [3.05, 3.63) is 21.2 Å². The summed E-state index contributed by atoms with van der Waals surface area (Å²) in [5, 5.41) is 0. The number of hydrogen-bond acceptors (Lipinski definition) is 3. The maximum absolute atomic E-state index is 5.59. The topological polar surface area (TPSA) is 42.1 Å². The second-order valence-electron chi connectivity index (χ2n) is 3.68. The van der Waals surface area contributed by atoms with Crippen molar-refractivity contribution in [2.75, 3.05) is 25.0 Å². The summed E-state index contributed by atoms with van der Waals surface area (Å²) in [6.45, 7) is 3.73. The zero-order valence-corrected chi connectivity index (χ0v) is 12.0. The van der Waals surface area contributed by atoms with Crippen LogP contribution in [0, 0.1) is 5.92 Å². The molecule has 0 fully saturated rings. The molecule has 0 bridgehead atoms. The van der Waals surface area contributed by atoms with Crippen LogP contribution in [0.15, 0.2) is 21.2 Å². The normalized spacial score (nSPS) is 12.6. The minimum absolute atomic E-state index is 0.465. The minimum atomic E-state index is 0.465. The molecule has 1 atom stereocenters. The fraction of sp³-hybridized carbons (Fsp3) is 0.500. The third kappa shape index (κ3) is 3.74. The summed E-state index contributed by atoms with van der Waals surface area (Å²) in [6.07, 6.45) is 1.80. The Kier molecular flexibility index (Phi) is 5.02. The van der Waals surface area contributed by atoms with Gasteiger partial charge in [-0.1, -0.05) is 6.92 Å². The predicted octanol–water partition coefficient (Wildman–Crippen LogP) is 2.64. The molecule has 0 aromatic carbocycles. The molecule has 0 saturated heterocycles. The summed E-state index contributed by atoms with van der Waals surface area (Å²) in [6, 6.07) is 1.99. The van der Waals surface area contributed by atoms with Crippen LogP contribution in [0.25, 0.3) is 0 Å². The Morgan fingerprint density at radius 3 is 2.73 bits per heavy atom. The van der Waals surface area contributed by atoms with Crippen LogP contribution in [-0.2, 0) is 0 Å². The van der Waals surface area contributed by atoms with E-state index in [1.165, 1.54) is 0 Å². The van der Waals surface area contributed by atoms with E-state index in [9.17, 15) is 0 Å². The summed E-state index contributed by atoms with van der Waals surface area (Å²) in [7, 11) is 2.02. The van der Waals surface area contributed by atoms with Crippen molar-refractivity contribution >= 4 is 37.7 Å². The largest absolute Gasteiger partial charge is 0.358 e. The molecular formula is C10H15Br2N3. The first-order chi connectivity index (χ1) is 7.04. The van der Waals surface area contributed by atoms with E-state index < -0.39 is 0 Å². The van der Waals surface area contributed by atoms with Gasteiger partial charge in [-0.25, -0.2) is 4.98 Å². The predicted molar refractivity (Wildman–Crippen MR) is 71.1 cm³/mol. The molecule has 0 spiro atoms. The van der Waals surface area contributed by atoms with Crippen LogP contribution in [0.3, 0.4) is 0 Å². The Morgan fingerprint density at radius 2 is 2.20 bits per heavy atom. The molecule has 15 heavy (non-hydrogen) atoms. The Labute approximate surface area is 107 Å². The van der Waals surface area contributed by atoms with Crippen molar-refractivity contribution < 1.29 is 0 Å². The van der Waals surface area contributed by atoms with Crippen LogP contribution in [-0.4, -0.2) is 25.1 Å². The summed E-state index contributed by atoms with van der Waals surface area (Å²) < 4.78 is 1.96. The monoisotopic (exact) mass is 335 g/mol. The van der Waals surface area contributed by atoms with Crippen molar-refractivity contribution in [2.45, 2.75) is 6.92 Å². The zero-order chi connectivity index (χ0) is 11.4. The zero-order valence-electron chi connectivity index (χ0n) is 8.87. The number of pyridine rings is 1. The Bertz CT molecular complexity index is 330. The van der Waals surface area contributed by atoms with E-state index in [1.54, 1.807) is 6.20 Å². The highest BCUT2D eigenvalue weighted by atomic mass is 79.9. The van der Waals surface area contributed by atoms with Gasteiger partial charge in [0.2, 0.25) is 0 Å². The van der Waals surface area contributed by atoms with Gasteiger partial charge in [-0.05, 0) is 50.4 Å². The van der Waals surface area contributed by atoms with Crippen LogP contribution in [0.5, 0.6) is 0 Å². The third-order valence-electron chi connectivity index (χ3n) is 2.14. The summed E-state index contributed by atoms with van der Waals surface area (Å²) in [5.41, 5.74) is 5.59. The summed E-state index contributed by atoms with van der Waals surface area (Å²) >= 11 is 6.87.